The molecule has 0 fully saturated rings. The molecule has 0 aliphatic heterocycles. The van der Waals surface area contributed by atoms with Crippen molar-refractivity contribution in [3.63, 3.8) is 0 Å². The van der Waals surface area contributed by atoms with Crippen molar-refractivity contribution in [2.75, 3.05) is 31.6 Å². The van der Waals surface area contributed by atoms with Crippen LogP contribution in [0.4, 0.5) is 5.69 Å². The number of amides is 2. The molecule has 1 N–H and O–H groups in total. The zero-order chi connectivity index (χ0) is 34.8. The van der Waals surface area contributed by atoms with Gasteiger partial charge in [0.05, 0.1) is 24.8 Å². The average Bonchev–Trinajstić information content (AvgIpc) is 3.08. The van der Waals surface area contributed by atoms with Gasteiger partial charge in [-0.2, -0.15) is 0 Å². The van der Waals surface area contributed by atoms with E-state index in [0.717, 1.165) is 15.4 Å². The summed E-state index contributed by atoms with van der Waals surface area (Å²) in [6, 6.07) is 24.2. The first-order valence-electron chi connectivity index (χ1n) is 15.3. The largest absolute Gasteiger partial charge is 0.497 e. The molecule has 4 rings (SSSR count). The summed E-state index contributed by atoms with van der Waals surface area (Å²) in [6.07, 6.45) is 0.847. The van der Waals surface area contributed by atoms with Crippen LogP contribution in [0.1, 0.15) is 30.0 Å². The summed E-state index contributed by atoms with van der Waals surface area (Å²) in [6.45, 7) is 3.40. The number of benzene rings is 4. The van der Waals surface area contributed by atoms with Crippen LogP contribution in [-0.2, 0) is 32.6 Å². The minimum atomic E-state index is -4.36. The van der Waals surface area contributed by atoms with Gasteiger partial charge in [-0.05, 0) is 60.9 Å². The van der Waals surface area contributed by atoms with E-state index in [4.69, 9.17) is 32.7 Å². The van der Waals surface area contributed by atoms with Crippen molar-refractivity contribution < 1.29 is 27.5 Å². The van der Waals surface area contributed by atoms with E-state index < -0.39 is 28.5 Å². The highest BCUT2D eigenvalue weighted by atomic mass is 35.5. The van der Waals surface area contributed by atoms with Gasteiger partial charge >= 0.3 is 0 Å². The lowest BCUT2D eigenvalue weighted by molar-refractivity contribution is -0.140. The normalized spacial score (nSPS) is 11.8. The van der Waals surface area contributed by atoms with Gasteiger partial charge in [0, 0.05) is 35.6 Å². The van der Waals surface area contributed by atoms with Crippen LogP contribution in [0.25, 0.3) is 0 Å². The van der Waals surface area contributed by atoms with Crippen LogP contribution in [0.3, 0.4) is 0 Å². The Bertz CT molecular complexity index is 1820. The molecule has 0 bridgehead atoms. The fraction of sp³-hybridized carbons (Fsp3) is 0.278. The van der Waals surface area contributed by atoms with E-state index in [0.29, 0.717) is 34.3 Å². The zero-order valence-electron chi connectivity index (χ0n) is 27.3. The maximum Gasteiger partial charge on any atom is 0.264 e. The van der Waals surface area contributed by atoms with Gasteiger partial charge < -0.3 is 19.7 Å². The molecular formula is C36H39Cl2N3O6S. The highest BCUT2D eigenvalue weighted by molar-refractivity contribution is 7.92. The number of rotatable bonds is 15. The Kier molecular flexibility index (Phi) is 12.7. The quantitative estimate of drug-likeness (QED) is 0.148. The van der Waals surface area contributed by atoms with Crippen molar-refractivity contribution in [1.29, 1.82) is 0 Å². The van der Waals surface area contributed by atoms with Gasteiger partial charge in [0.15, 0.2) is 0 Å². The van der Waals surface area contributed by atoms with Gasteiger partial charge in [0.2, 0.25) is 11.8 Å². The summed E-state index contributed by atoms with van der Waals surface area (Å²) >= 11 is 12.8. The Morgan fingerprint density at radius 1 is 0.896 bits per heavy atom. The second-order valence-corrected chi connectivity index (χ2v) is 13.8. The molecule has 0 aromatic heterocycles. The van der Waals surface area contributed by atoms with Gasteiger partial charge in [-0.25, -0.2) is 8.42 Å². The lowest BCUT2D eigenvalue weighted by Crippen LogP contribution is -2.53. The van der Waals surface area contributed by atoms with Crippen LogP contribution in [-0.4, -0.2) is 58.5 Å². The smallest absolute Gasteiger partial charge is 0.264 e. The number of nitrogens with zero attached hydrogens (tertiary/aromatic N) is 2. The SMILES string of the molecule is CCCNC(=O)[C@H](Cc1ccccc1)N(Cc1ccc(Cl)cc1Cl)C(=O)CN(c1cc(OC)ccc1OC)S(=O)(=O)c1ccc(C)cc1. The lowest BCUT2D eigenvalue weighted by atomic mass is 10.0. The summed E-state index contributed by atoms with van der Waals surface area (Å²) in [5, 5.41) is 3.63. The van der Waals surface area contributed by atoms with Crippen LogP contribution >= 0.6 is 23.2 Å². The number of anilines is 1. The molecule has 12 heteroatoms. The first kappa shape index (κ1) is 36.6. The third kappa shape index (κ3) is 9.00. The Hall–Kier alpha value is -4.25. The Balaban J connectivity index is 1.88. The molecule has 2 amide bonds. The molecule has 4 aromatic carbocycles. The first-order chi connectivity index (χ1) is 23.0. The van der Waals surface area contributed by atoms with E-state index >= 15 is 0 Å². The number of sulfonamides is 1. The van der Waals surface area contributed by atoms with Crippen molar-refractivity contribution in [2.45, 2.75) is 44.2 Å². The molecule has 0 saturated heterocycles. The van der Waals surface area contributed by atoms with Gasteiger partial charge in [0.1, 0.15) is 24.1 Å². The predicted molar refractivity (Wildman–Crippen MR) is 190 cm³/mol. The standard InChI is InChI=1S/C36H39Cl2N3O6S/c1-5-19-39-36(43)33(20-26-9-7-6-8-10-26)40(23-27-13-14-28(37)21-31(27)38)35(42)24-41(32-22-29(46-3)15-18-34(32)47-4)48(44,45)30-16-11-25(2)12-17-30/h6-18,21-22,33H,5,19-20,23-24H2,1-4H3,(H,39,43)/t33-/m0/s1. The number of nitrogens with one attached hydrogen (secondary N) is 1. The molecule has 48 heavy (non-hydrogen) atoms. The molecule has 9 nitrogen and oxygen atoms in total. The Morgan fingerprint density at radius 3 is 2.23 bits per heavy atom. The number of aryl methyl sites for hydroxylation is 1. The fourth-order valence-corrected chi connectivity index (χ4v) is 6.98. The predicted octanol–water partition coefficient (Wildman–Crippen LogP) is 6.68. The van der Waals surface area contributed by atoms with Crippen molar-refractivity contribution in [3.8, 4) is 11.5 Å². The highest BCUT2D eigenvalue weighted by Crippen LogP contribution is 2.36. The van der Waals surface area contributed by atoms with Crippen LogP contribution in [0.5, 0.6) is 11.5 Å². The number of ether oxygens (including phenoxy) is 2. The van der Waals surface area contributed by atoms with Crippen LogP contribution in [0.15, 0.2) is 95.9 Å². The van der Waals surface area contributed by atoms with E-state index in [1.54, 1.807) is 42.5 Å². The van der Waals surface area contributed by atoms with Gasteiger partial charge in [-0.15, -0.1) is 0 Å². The van der Waals surface area contributed by atoms with Gasteiger partial charge in [-0.3, -0.25) is 13.9 Å². The number of methoxy groups -OCH3 is 2. The van der Waals surface area contributed by atoms with Crippen molar-refractivity contribution in [1.82, 2.24) is 10.2 Å². The number of halogens is 2. The molecule has 0 spiro atoms. The van der Waals surface area contributed by atoms with E-state index in [2.05, 4.69) is 5.32 Å². The van der Waals surface area contributed by atoms with E-state index in [9.17, 15) is 18.0 Å². The van der Waals surface area contributed by atoms with Crippen molar-refractivity contribution >= 4 is 50.7 Å². The fourth-order valence-electron chi connectivity index (χ4n) is 5.10. The van der Waals surface area contributed by atoms with Crippen molar-refractivity contribution in [3.05, 3.63) is 118 Å². The summed E-state index contributed by atoms with van der Waals surface area (Å²) in [5.74, 6) is -0.471. The van der Waals surface area contributed by atoms with Crippen LogP contribution in [0.2, 0.25) is 10.0 Å². The maximum absolute atomic E-state index is 14.7. The number of carbonyl (C=O) groups is 2. The third-order valence-corrected chi connectivity index (χ3v) is 10.1. The zero-order valence-corrected chi connectivity index (χ0v) is 29.6. The molecule has 0 unspecified atom stereocenters. The average molecular weight is 713 g/mol. The minimum Gasteiger partial charge on any atom is -0.497 e. The molecule has 0 aliphatic rings. The molecular weight excluding hydrogens is 673 g/mol. The molecule has 1 atom stereocenters. The molecule has 0 aliphatic carbocycles. The second-order valence-electron chi connectivity index (χ2n) is 11.1. The van der Waals surface area contributed by atoms with E-state index in [1.165, 1.54) is 37.3 Å². The number of carbonyl (C=O) groups excluding carboxylic acids is 2. The van der Waals surface area contributed by atoms with Gasteiger partial charge in [0.25, 0.3) is 10.0 Å². The summed E-state index contributed by atoms with van der Waals surface area (Å²) in [5.41, 5.74) is 2.30. The minimum absolute atomic E-state index is 0.0282. The molecule has 0 saturated carbocycles. The monoisotopic (exact) mass is 711 g/mol. The topological polar surface area (TPSA) is 105 Å². The van der Waals surface area contributed by atoms with E-state index in [1.807, 2.05) is 44.2 Å². The molecule has 0 heterocycles. The molecule has 254 valence electrons. The summed E-state index contributed by atoms with van der Waals surface area (Å²) in [4.78, 5) is 29.9. The second kappa shape index (κ2) is 16.7. The number of hydrogen-bond donors (Lipinski definition) is 1. The Morgan fingerprint density at radius 2 is 1.60 bits per heavy atom. The summed E-state index contributed by atoms with van der Waals surface area (Å²) < 4.78 is 40.8. The maximum atomic E-state index is 14.7. The van der Waals surface area contributed by atoms with Crippen molar-refractivity contribution in [2.24, 2.45) is 0 Å². The number of hydrogen-bond acceptors (Lipinski definition) is 6. The summed E-state index contributed by atoms with van der Waals surface area (Å²) in [7, 11) is -1.49. The van der Waals surface area contributed by atoms with Crippen LogP contribution in [0, 0.1) is 6.92 Å². The van der Waals surface area contributed by atoms with Gasteiger partial charge in [-0.1, -0.05) is 84.2 Å². The Labute approximate surface area is 292 Å². The third-order valence-electron chi connectivity index (χ3n) is 7.72. The molecule has 0 radical (unpaired) electrons. The van der Waals surface area contributed by atoms with E-state index in [-0.39, 0.29) is 35.2 Å². The first-order valence-corrected chi connectivity index (χ1v) is 17.5. The highest BCUT2D eigenvalue weighted by Gasteiger charge is 2.36. The molecule has 4 aromatic rings. The lowest BCUT2D eigenvalue weighted by Gasteiger charge is -2.34. The van der Waals surface area contributed by atoms with Crippen LogP contribution < -0.4 is 19.1 Å².